The molecule has 0 fully saturated rings. The molecule has 1 aliphatic carbocycles. The van der Waals surface area contributed by atoms with Gasteiger partial charge >= 0.3 is 0 Å². The van der Waals surface area contributed by atoms with Gasteiger partial charge in [-0.05, 0) is 43.4 Å². The van der Waals surface area contributed by atoms with E-state index in [0.717, 1.165) is 65.4 Å². The van der Waals surface area contributed by atoms with Crippen molar-refractivity contribution in [2.45, 2.75) is 45.6 Å². The van der Waals surface area contributed by atoms with Crippen LogP contribution in [0.3, 0.4) is 0 Å². The zero-order valence-corrected chi connectivity index (χ0v) is 20.9. The molecule has 0 aliphatic heterocycles. The first kappa shape index (κ1) is 23.6. The van der Waals surface area contributed by atoms with Gasteiger partial charge in [-0.25, -0.2) is 9.97 Å². The van der Waals surface area contributed by atoms with Gasteiger partial charge in [0.2, 0.25) is 5.95 Å². The van der Waals surface area contributed by atoms with Crippen LogP contribution >= 0.6 is 0 Å². The van der Waals surface area contributed by atoms with Crippen molar-refractivity contribution in [3.8, 4) is 11.3 Å². The molecule has 0 amide bonds. The van der Waals surface area contributed by atoms with Crippen LogP contribution in [0.1, 0.15) is 47.8 Å². The van der Waals surface area contributed by atoms with E-state index in [4.69, 9.17) is 15.5 Å². The number of hydrogen-bond donors (Lipinski definition) is 2. The van der Waals surface area contributed by atoms with Crippen LogP contribution in [0, 0.1) is 5.41 Å². The summed E-state index contributed by atoms with van der Waals surface area (Å²) in [6.45, 7) is 5.57. The molecule has 36 heavy (non-hydrogen) atoms. The van der Waals surface area contributed by atoms with Gasteiger partial charge in [0.25, 0.3) is 0 Å². The lowest BCUT2D eigenvalue weighted by Crippen LogP contribution is -2.09. The van der Waals surface area contributed by atoms with Gasteiger partial charge in [0.15, 0.2) is 5.82 Å². The Kier molecular flexibility index (Phi) is 6.71. The Balaban J connectivity index is 1.48. The second-order valence-electron chi connectivity index (χ2n) is 8.90. The van der Waals surface area contributed by atoms with Crippen molar-refractivity contribution in [3.63, 3.8) is 0 Å². The molecular formula is C27H31N9. The molecule has 0 saturated carbocycles. The molecule has 1 unspecified atom stereocenters. The van der Waals surface area contributed by atoms with Crippen LogP contribution in [-0.2, 0) is 32.9 Å². The number of nitrogens with one attached hydrogen (secondary N) is 2. The quantitative estimate of drug-likeness (QED) is 0.345. The van der Waals surface area contributed by atoms with E-state index in [2.05, 4.69) is 51.6 Å². The highest BCUT2D eigenvalue weighted by Crippen LogP contribution is 2.36. The van der Waals surface area contributed by atoms with Crippen molar-refractivity contribution >= 4 is 24.2 Å². The standard InChI is InChI=1S/C27H31N9/c1-4-29-16-21(15-28)19-8-6-7-18(13-19)14-23-25-22(33-35(23)3)10-9-20-17-30-27(32-26(20)25)31-24-11-12-36(5-2)34-24/h6-8,11-13,15-17,21,28H,4-5,9-10,14H2,1-3H3,(H,30,31,32,34). The van der Waals surface area contributed by atoms with Crippen molar-refractivity contribution in [2.75, 3.05) is 11.9 Å². The summed E-state index contributed by atoms with van der Waals surface area (Å²) in [5.41, 5.74) is 7.60. The Morgan fingerprint density at radius 3 is 2.86 bits per heavy atom. The van der Waals surface area contributed by atoms with Crippen molar-refractivity contribution < 1.29 is 0 Å². The molecule has 9 nitrogen and oxygen atoms in total. The van der Waals surface area contributed by atoms with Gasteiger partial charge in [-0.3, -0.25) is 14.4 Å². The zero-order chi connectivity index (χ0) is 25.1. The van der Waals surface area contributed by atoms with E-state index >= 15 is 0 Å². The minimum absolute atomic E-state index is 0.122. The first-order chi connectivity index (χ1) is 17.6. The van der Waals surface area contributed by atoms with Gasteiger partial charge in [-0.2, -0.15) is 10.2 Å². The SMILES string of the molecule is CCN=CC(C=N)c1cccc(Cc2c3c(nn2C)CCc2cnc(Nc4ccn(CC)n4)nc2-3)c1. The van der Waals surface area contributed by atoms with Gasteiger partial charge in [-0.1, -0.05) is 24.3 Å². The van der Waals surface area contributed by atoms with Crippen LogP contribution in [0.2, 0.25) is 0 Å². The molecule has 4 aromatic rings. The first-order valence-electron chi connectivity index (χ1n) is 12.4. The summed E-state index contributed by atoms with van der Waals surface area (Å²) in [6.07, 6.45) is 9.61. The number of aliphatic imine (C=N–C) groups is 1. The summed E-state index contributed by atoms with van der Waals surface area (Å²) in [5.74, 6) is 1.14. The fourth-order valence-corrected chi connectivity index (χ4v) is 4.66. The van der Waals surface area contributed by atoms with Crippen LogP contribution in [0.25, 0.3) is 11.3 Å². The largest absolute Gasteiger partial charge is 0.312 e. The molecule has 0 saturated heterocycles. The molecule has 5 rings (SSSR count). The number of aromatic nitrogens is 6. The summed E-state index contributed by atoms with van der Waals surface area (Å²) < 4.78 is 3.85. The Morgan fingerprint density at radius 1 is 1.19 bits per heavy atom. The summed E-state index contributed by atoms with van der Waals surface area (Å²) in [6, 6.07) is 10.3. The van der Waals surface area contributed by atoms with Crippen LogP contribution in [0.4, 0.5) is 11.8 Å². The number of aryl methyl sites for hydroxylation is 4. The fraction of sp³-hybridized carbons (Fsp3) is 0.333. The van der Waals surface area contributed by atoms with E-state index in [1.54, 1.807) is 0 Å². The maximum absolute atomic E-state index is 7.84. The van der Waals surface area contributed by atoms with E-state index in [1.165, 1.54) is 11.8 Å². The minimum atomic E-state index is -0.122. The molecule has 3 heterocycles. The van der Waals surface area contributed by atoms with Crippen LogP contribution in [-0.4, -0.2) is 48.5 Å². The summed E-state index contributed by atoms with van der Waals surface area (Å²) in [7, 11) is 2.00. The average Bonchev–Trinajstić information content (AvgIpc) is 3.48. The summed E-state index contributed by atoms with van der Waals surface area (Å²) in [4.78, 5) is 13.8. The second kappa shape index (κ2) is 10.2. The molecule has 3 aromatic heterocycles. The third-order valence-electron chi connectivity index (χ3n) is 6.51. The lowest BCUT2D eigenvalue weighted by atomic mass is 9.91. The lowest BCUT2D eigenvalue weighted by molar-refractivity contribution is 0.662. The molecular weight excluding hydrogens is 450 g/mol. The zero-order valence-electron chi connectivity index (χ0n) is 20.9. The van der Waals surface area contributed by atoms with E-state index < -0.39 is 0 Å². The maximum atomic E-state index is 7.84. The van der Waals surface area contributed by atoms with E-state index in [-0.39, 0.29) is 5.92 Å². The van der Waals surface area contributed by atoms with Crippen LogP contribution in [0.15, 0.2) is 47.7 Å². The average molecular weight is 482 g/mol. The number of nitrogens with zero attached hydrogens (tertiary/aromatic N) is 7. The van der Waals surface area contributed by atoms with Crippen LogP contribution in [0.5, 0.6) is 0 Å². The molecule has 1 atom stereocenters. The molecule has 9 heteroatoms. The van der Waals surface area contributed by atoms with Gasteiger partial charge in [0.1, 0.15) is 0 Å². The third-order valence-corrected chi connectivity index (χ3v) is 6.51. The fourth-order valence-electron chi connectivity index (χ4n) is 4.66. The smallest absolute Gasteiger partial charge is 0.228 e. The number of rotatable bonds is 9. The maximum Gasteiger partial charge on any atom is 0.228 e. The highest BCUT2D eigenvalue weighted by atomic mass is 15.3. The van der Waals surface area contributed by atoms with Crippen LogP contribution < -0.4 is 5.32 Å². The van der Waals surface area contributed by atoms with Gasteiger partial charge in [0.05, 0.1) is 23.0 Å². The predicted octanol–water partition coefficient (Wildman–Crippen LogP) is 4.35. The summed E-state index contributed by atoms with van der Waals surface area (Å²) in [5, 5.41) is 20.4. The topological polar surface area (TPSA) is 110 Å². The molecule has 0 bridgehead atoms. The summed E-state index contributed by atoms with van der Waals surface area (Å²) >= 11 is 0. The Bertz CT molecular complexity index is 1410. The normalized spacial score (nSPS) is 13.4. The highest BCUT2D eigenvalue weighted by Gasteiger charge is 2.26. The number of hydrogen-bond acceptors (Lipinski definition) is 7. The number of benzene rings is 1. The predicted molar refractivity (Wildman–Crippen MR) is 143 cm³/mol. The molecule has 2 N–H and O–H groups in total. The number of fused-ring (bicyclic) bond motifs is 3. The Labute approximate surface area is 210 Å². The van der Waals surface area contributed by atoms with Gasteiger partial charge < -0.3 is 10.7 Å². The molecule has 0 spiro atoms. The van der Waals surface area contributed by atoms with E-state index in [9.17, 15) is 0 Å². The molecule has 1 aliphatic rings. The monoisotopic (exact) mass is 481 g/mol. The Hall–Kier alpha value is -4.14. The van der Waals surface area contributed by atoms with Gasteiger partial charge in [0, 0.05) is 63.0 Å². The number of anilines is 2. The lowest BCUT2D eigenvalue weighted by Gasteiger charge is -2.17. The van der Waals surface area contributed by atoms with Crippen molar-refractivity contribution in [1.82, 2.24) is 29.5 Å². The van der Waals surface area contributed by atoms with E-state index in [0.29, 0.717) is 12.5 Å². The van der Waals surface area contributed by atoms with Gasteiger partial charge in [-0.15, -0.1) is 0 Å². The van der Waals surface area contributed by atoms with Crippen molar-refractivity contribution in [1.29, 1.82) is 5.41 Å². The van der Waals surface area contributed by atoms with Crippen molar-refractivity contribution in [3.05, 3.63) is 70.8 Å². The first-order valence-corrected chi connectivity index (χ1v) is 12.4. The minimum Gasteiger partial charge on any atom is -0.312 e. The third kappa shape index (κ3) is 4.68. The van der Waals surface area contributed by atoms with E-state index in [1.807, 2.05) is 48.0 Å². The highest BCUT2D eigenvalue weighted by molar-refractivity contribution is 5.89. The Morgan fingerprint density at radius 2 is 2.08 bits per heavy atom. The van der Waals surface area contributed by atoms with Crippen molar-refractivity contribution in [2.24, 2.45) is 12.0 Å². The molecule has 184 valence electrons. The second-order valence-corrected chi connectivity index (χ2v) is 8.90. The molecule has 0 radical (unpaired) electrons. The molecule has 1 aromatic carbocycles.